The van der Waals surface area contributed by atoms with Crippen molar-refractivity contribution in [1.82, 2.24) is 0 Å². The summed E-state index contributed by atoms with van der Waals surface area (Å²) in [5, 5.41) is 11.9. The summed E-state index contributed by atoms with van der Waals surface area (Å²) in [4.78, 5) is 23.5. The lowest BCUT2D eigenvalue weighted by molar-refractivity contribution is -0.222. The highest BCUT2D eigenvalue weighted by molar-refractivity contribution is 7.86. The van der Waals surface area contributed by atoms with Crippen LogP contribution in [0.2, 0.25) is 0 Å². The predicted octanol–water partition coefficient (Wildman–Crippen LogP) is 2.44. The largest absolute Gasteiger partial charge is 0.508 e. The summed E-state index contributed by atoms with van der Waals surface area (Å²) in [6.45, 7) is 2.79. The molecule has 29 heavy (non-hydrogen) atoms. The van der Waals surface area contributed by atoms with Gasteiger partial charge in [0.1, 0.15) is 10.6 Å². The Balaban J connectivity index is 1.96. The average Bonchev–Trinajstić information content (AvgIpc) is 2.60. The van der Waals surface area contributed by atoms with Crippen LogP contribution in [-0.2, 0) is 29.2 Å². The van der Waals surface area contributed by atoms with Gasteiger partial charge >= 0.3 is 11.9 Å². The molecule has 1 aliphatic heterocycles. The summed E-state index contributed by atoms with van der Waals surface area (Å²) in [7, 11) is -4.64. The van der Waals surface area contributed by atoms with E-state index < -0.39 is 38.3 Å². The lowest BCUT2D eigenvalue weighted by Gasteiger charge is -2.29. The van der Waals surface area contributed by atoms with E-state index in [-0.39, 0.29) is 11.4 Å². The highest BCUT2D eigenvalue weighted by Crippen LogP contribution is 2.30. The SMILES string of the molecule is CC1(C)OC(=O)C(=CNc2ccc(-c3ccc(O)cc3)cc2S(=O)(=O)O)C(=O)O1. The summed E-state index contributed by atoms with van der Waals surface area (Å²) in [6.07, 6.45) is 0.949. The van der Waals surface area contributed by atoms with Crippen LogP contribution in [-0.4, -0.2) is 35.8 Å². The molecule has 2 aromatic carbocycles. The van der Waals surface area contributed by atoms with Crippen LogP contribution in [0.25, 0.3) is 11.1 Å². The second-order valence-corrected chi connectivity index (χ2v) is 8.00. The normalized spacial score (nSPS) is 16.0. The number of carbonyl (C=O) groups is 2. The summed E-state index contributed by atoms with van der Waals surface area (Å²) < 4.78 is 43.1. The number of ether oxygens (including phenoxy) is 2. The molecule has 0 amide bonds. The predicted molar refractivity (Wildman–Crippen MR) is 101 cm³/mol. The van der Waals surface area contributed by atoms with Crippen molar-refractivity contribution in [2.24, 2.45) is 0 Å². The highest BCUT2D eigenvalue weighted by atomic mass is 32.2. The molecule has 2 aromatic rings. The lowest BCUT2D eigenvalue weighted by Crippen LogP contribution is -2.42. The molecule has 0 unspecified atom stereocenters. The van der Waals surface area contributed by atoms with E-state index in [1.54, 1.807) is 18.2 Å². The third kappa shape index (κ3) is 4.55. The van der Waals surface area contributed by atoms with Gasteiger partial charge in [0.15, 0.2) is 5.57 Å². The van der Waals surface area contributed by atoms with E-state index in [9.17, 15) is 27.7 Å². The number of rotatable bonds is 4. The third-order valence-corrected chi connectivity index (χ3v) is 4.84. The Labute approximate surface area is 166 Å². The number of aromatic hydroxyl groups is 1. The first kappa shape index (κ1) is 20.4. The van der Waals surface area contributed by atoms with E-state index in [1.165, 1.54) is 38.1 Å². The number of benzene rings is 2. The van der Waals surface area contributed by atoms with Gasteiger partial charge in [0.2, 0.25) is 0 Å². The fraction of sp³-hybridized carbons (Fsp3) is 0.158. The smallest absolute Gasteiger partial charge is 0.350 e. The zero-order valence-corrected chi connectivity index (χ0v) is 16.2. The molecular weight excluding hydrogens is 402 g/mol. The van der Waals surface area contributed by atoms with E-state index in [2.05, 4.69) is 5.32 Å². The molecule has 3 rings (SSSR count). The number of phenolic OH excluding ortho intramolecular Hbond substituents is 1. The van der Waals surface area contributed by atoms with Gasteiger partial charge in [-0.1, -0.05) is 18.2 Å². The van der Waals surface area contributed by atoms with Gasteiger partial charge in [0.25, 0.3) is 15.9 Å². The number of anilines is 1. The average molecular weight is 419 g/mol. The second-order valence-electron chi connectivity index (χ2n) is 6.61. The molecule has 0 spiro atoms. The molecule has 0 radical (unpaired) electrons. The van der Waals surface area contributed by atoms with Crippen molar-refractivity contribution < 1.29 is 37.1 Å². The van der Waals surface area contributed by atoms with Crippen LogP contribution < -0.4 is 5.32 Å². The van der Waals surface area contributed by atoms with Crippen LogP contribution in [0.5, 0.6) is 5.75 Å². The monoisotopic (exact) mass is 419 g/mol. The number of hydrogen-bond donors (Lipinski definition) is 3. The van der Waals surface area contributed by atoms with Crippen LogP contribution >= 0.6 is 0 Å². The fourth-order valence-electron chi connectivity index (χ4n) is 2.62. The van der Waals surface area contributed by atoms with Crippen LogP contribution in [0.1, 0.15) is 13.8 Å². The molecule has 3 N–H and O–H groups in total. The molecule has 0 aliphatic carbocycles. The molecule has 0 saturated carbocycles. The van der Waals surface area contributed by atoms with Crippen LogP contribution in [0, 0.1) is 0 Å². The quantitative estimate of drug-likeness (QED) is 0.295. The van der Waals surface area contributed by atoms with Crippen LogP contribution in [0.4, 0.5) is 5.69 Å². The molecule has 10 heteroatoms. The molecule has 1 fully saturated rings. The Hall–Kier alpha value is -3.37. The third-order valence-electron chi connectivity index (χ3n) is 3.95. The fourth-order valence-corrected chi connectivity index (χ4v) is 3.30. The van der Waals surface area contributed by atoms with Crippen molar-refractivity contribution >= 4 is 27.7 Å². The summed E-state index contributed by atoms with van der Waals surface area (Å²) in [5.74, 6) is -3.24. The van der Waals surface area contributed by atoms with E-state index >= 15 is 0 Å². The summed E-state index contributed by atoms with van der Waals surface area (Å²) in [6, 6.07) is 10.1. The van der Waals surface area contributed by atoms with Crippen molar-refractivity contribution in [2.75, 3.05) is 5.32 Å². The zero-order chi connectivity index (χ0) is 21.4. The minimum atomic E-state index is -4.64. The van der Waals surface area contributed by atoms with Gasteiger partial charge in [0, 0.05) is 20.0 Å². The second kappa shape index (κ2) is 7.22. The zero-order valence-electron chi connectivity index (χ0n) is 15.4. The molecule has 0 bridgehead atoms. The highest BCUT2D eigenvalue weighted by Gasteiger charge is 2.39. The molecule has 0 aromatic heterocycles. The topological polar surface area (TPSA) is 139 Å². The Bertz CT molecular complexity index is 1100. The van der Waals surface area contributed by atoms with Gasteiger partial charge in [-0.15, -0.1) is 0 Å². The Morgan fingerprint density at radius 1 is 0.966 bits per heavy atom. The summed E-state index contributed by atoms with van der Waals surface area (Å²) in [5.41, 5.74) is 0.509. The number of hydrogen-bond acceptors (Lipinski definition) is 8. The van der Waals surface area contributed by atoms with Crippen LogP contribution in [0.3, 0.4) is 0 Å². The molecule has 1 heterocycles. The molecule has 0 atom stereocenters. The van der Waals surface area contributed by atoms with Crippen molar-refractivity contribution in [1.29, 1.82) is 0 Å². The number of phenols is 1. The first-order valence-corrected chi connectivity index (χ1v) is 9.75. The Morgan fingerprint density at radius 3 is 2.07 bits per heavy atom. The number of carbonyl (C=O) groups excluding carboxylic acids is 2. The first-order valence-electron chi connectivity index (χ1n) is 8.31. The first-order chi connectivity index (χ1) is 13.5. The lowest BCUT2D eigenvalue weighted by atomic mass is 10.1. The minimum absolute atomic E-state index is 0.0445. The van der Waals surface area contributed by atoms with Crippen molar-refractivity contribution in [3.05, 3.63) is 54.2 Å². The van der Waals surface area contributed by atoms with Crippen molar-refractivity contribution in [3.8, 4) is 16.9 Å². The maximum atomic E-state index is 12.0. The van der Waals surface area contributed by atoms with E-state index in [1.807, 2.05) is 0 Å². The number of esters is 2. The van der Waals surface area contributed by atoms with Crippen LogP contribution in [0.15, 0.2) is 59.1 Å². The molecular formula is C19H17NO8S. The maximum Gasteiger partial charge on any atom is 0.350 e. The van der Waals surface area contributed by atoms with Crippen molar-refractivity contribution in [3.63, 3.8) is 0 Å². The van der Waals surface area contributed by atoms with E-state index in [0.29, 0.717) is 11.1 Å². The van der Waals surface area contributed by atoms with Gasteiger partial charge in [-0.2, -0.15) is 8.42 Å². The molecule has 1 saturated heterocycles. The standard InChI is InChI=1S/C19H17NO8S/c1-19(2)27-17(22)14(18(23)28-19)10-20-15-8-5-12(9-16(15)29(24,25)26)11-3-6-13(21)7-4-11/h3-10,20-21H,1-2H3,(H,24,25,26). The van der Waals surface area contributed by atoms with Gasteiger partial charge in [-0.05, 0) is 35.4 Å². The van der Waals surface area contributed by atoms with Gasteiger partial charge in [-0.25, -0.2) is 9.59 Å². The van der Waals surface area contributed by atoms with Gasteiger partial charge in [-0.3, -0.25) is 4.55 Å². The molecule has 9 nitrogen and oxygen atoms in total. The van der Waals surface area contributed by atoms with Gasteiger partial charge in [0.05, 0.1) is 5.69 Å². The number of cyclic esters (lactones) is 2. The Kier molecular flexibility index (Phi) is 5.07. The van der Waals surface area contributed by atoms with Gasteiger partial charge < -0.3 is 19.9 Å². The molecule has 152 valence electrons. The van der Waals surface area contributed by atoms with Crippen molar-refractivity contribution in [2.45, 2.75) is 24.5 Å². The van der Waals surface area contributed by atoms with E-state index in [0.717, 1.165) is 6.20 Å². The Morgan fingerprint density at radius 2 is 1.52 bits per heavy atom. The minimum Gasteiger partial charge on any atom is -0.508 e. The van der Waals surface area contributed by atoms with E-state index in [4.69, 9.17) is 9.47 Å². The number of nitrogens with one attached hydrogen (secondary N) is 1. The summed E-state index contributed by atoms with van der Waals surface area (Å²) >= 11 is 0. The maximum absolute atomic E-state index is 12.0. The molecule has 1 aliphatic rings.